The van der Waals surface area contributed by atoms with E-state index in [1.54, 1.807) is 10.8 Å². The van der Waals surface area contributed by atoms with Crippen molar-refractivity contribution in [3.05, 3.63) is 35.7 Å². The first-order valence-corrected chi connectivity index (χ1v) is 8.18. The molecule has 8 heteroatoms. The van der Waals surface area contributed by atoms with E-state index in [0.29, 0.717) is 24.3 Å². The van der Waals surface area contributed by atoms with Crippen molar-refractivity contribution in [2.24, 2.45) is 0 Å². The minimum atomic E-state index is -0.180. The third kappa shape index (κ3) is 2.98. The molecule has 3 aromatic rings. The number of nitrogens with two attached hydrogens (primary N) is 1. The molecule has 0 fully saturated rings. The molecule has 8 nitrogen and oxygen atoms in total. The Morgan fingerprint density at radius 2 is 2.12 bits per heavy atom. The maximum Gasteiger partial charge on any atom is 0.320 e. The summed E-state index contributed by atoms with van der Waals surface area (Å²) < 4.78 is 7.17. The van der Waals surface area contributed by atoms with Gasteiger partial charge < -0.3 is 15.6 Å². The van der Waals surface area contributed by atoms with Crippen LogP contribution in [-0.4, -0.2) is 36.2 Å². The van der Waals surface area contributed by atoms with E-state index in [1.807, 2.05) is 12.1 Å². The van der Waals surface area contributed by atoms with Gasteiger partial charge in [-0.25, -0.2) is 0 Å². The lowest BCUT2D eigenvalue weighted by Gasteiger charge is -2.10. The molecule has 2 bridgehead atoms. The molecule has 0 atom stereocenters. The molecule has 0 unspecified atom stereocenters. The van der Waals surface area contributed by atoms with Crippen molar-refractivity contribution in [2.75, 3.05) is 12.3 Å². The first-order chi connectivity index (χ1) is 12.2. The van der Waals surface area contributed by atoms with Crippen LogP contribution in [0.4, 0.5) is 5.82 Å². The predicted octanol–water partition coefficient (Wildman–Crippen LogP) is 2.13. The van der Waals surface area contributed by atoms with Crippen LogP contribution in [0, 0.1) is 0 Å². The molecule has 0 spiro atoms. The second-order valence-corrected chi connectivity index (χ2v) is 5.85. The fourth-order valence-electron chi connectivity index (χ4n) is 2.82. The number of allylic oxidation sites excluding steroid dienone is 1. The van der Waals surface area contributed by atoms with Crippen molar-refractivity contribution in [3.63, 3.8) is 0 Å². The Kier molecular flexibility index (Phi) is 3.93. The topological polar surface area (TPSA) is 112 Å². The number of anilines is 1. The number of nitrogens with zero attached hydrogens (tertiary/aromatic N) is 5. The van der Waals surface area contributed by atoms with Crippen molar-refractivity contribution in [3.8, 4) is 12.0 Å². The third-order valence-corrected chi connectivity index (χ3v) is 4.11. The van der Waals surface area contributed by atoms with E-state index in [4.69, 9.17) is 10.5 Å². The molecule has 0 radical (unpaired) electrons. The highest BCUT2D eigenvalue weighted by atomic mass is 16.5. The van der Waals surface area contributed by atoms with Crippen LogP contribution in [0.2, 0.25) is 0 Å². The molecule has 4 heterocycles. The number of hydrogen-bond acceptors (Lipinski definition) is 7. The number of imidazole rings is 1. The van der Waals surface area contributed by atoms with Crippen LogP contribution >= 0.6 is 0 Å². The minimum absolute atomic E-state index is 0.180. The second kappa shape index (κ2) is 6.39. The van der Waals surface area contributed by atoms with Crippen LogP contribution in [0.3, 0.4) is 0 Å². The summed E-state index contributed by atoms with van der Waals surface area (Å²) in [6.07, 6.45) is 8.74. The summed E-state index contributed by atoms with van der Waals surface area (Å²) in [6, 6.07) is 3.91. The van der Waals surface area contributed by atoms with Gasteiger partial charge in [0.05, 0.1) is 18.8 Å². The van der Waals surface area contributed by atoms with Gasteiger partial charge >= 0.3 is 6.01 Å². The second-order valence-electron chi connectivity index (χ2n) is 5.85. The molecule has 3 N–H and O–H groups in total. The fraction of sp³-hybridized carbons (Fsp3) is 0.294. The Bertz CT molecular complexity index is 950. The molecule has 128 valence electrons. The Morgan fingerprint density at radius 1 is 1.20 bits per heavy atom. The number of aromatic hydroxyl groups is 1. The number of fused-ring (bicyclic) bond motifs is 2. The van der Waals surface area contributed by atoms with Crippen LogP contribution in [0.1, 0.15) is 30.5 Å². The highest BCUT2D eigenvalue weighted by molar-refractivity contribution is 5.83. The van der Waals surface area contributed by atoms with Crippen molar-refractivity contribution < 1.29 is 9.84 Å². The zero-order valence-corrected chi connectivity index (χ0v) is 13.6. The normalized spacial score (nSPS) is 16.2. The Hall–Kier alpha value is -3.16. The van der Waals surface area contributed by atoms with Gasteiger partial charge in [0.2, 0.25) is 0 Å². The Labute approximate surface area is 144 Å². The quantitative estimate of drug-likeness (QED) is 0.645. The molecule has 0 aromatic carbocycles. The van der Waals surface area contributed by atoms with Crippen LogP contribution in [0.5, 0.6) is 12.0 Å². The fourth-order valence-corrected chi connectivity index (χ4v) is 2.82. The van der Waals surface area contributed by atoms with Crippen molar-refractivity contribution in [2.45, 2.75) is 25.8 Å². The summed E-state index contributed by atoms with van der Waals surface area (Å²) in [6.45, 7) is 0.829. The summed E-state index contributed by atoms with van der Waals surface area (Å²) >= 11 is 0. The standard InChI is InChI=1S/C17H18N6O2/c18-14-13-15-22-16(21-14)25-9-4-2-1-3-6-11-7-5-8-19-12(11)10-23(15)17(24)20-13/h3,5-8H,1-2,4,9-10H2,(H,20,24)(H2,18,21,22)/b6-3-. The molecule has 4 rings (SSSR count). The van der Waals surface area contributed by atoms with Gasteiger partial charge in [0.25, 0.3) is 6.01 Å². The van der Waals surface area contributed by atoms with E-state index >= 15 is 0 Å². The van der Waals surface area contributed by atoms with Crippen LogP contribution in [0.15, 0.2) is 24.4 Å². The zero-order chi connectivity index (χ0) is 17.2. The number of hydrogen-bond donors (Lipinski definition) is 2. The minimum Gasteiger partial charge on any atom is -0.480 e. The molecular formula is C17H18N6O2. The maximum absolute atomic E-state index is 10.3. The number of ether oxygens (including phenoxy) is 1. The van der Waals surface area contributed by atoms with E-state index in [-0.39, 0.29) is 17.8 Å². The first kappa shape index (κ1) is 15.4. The summed E-state index contributed by atoms with van der Waals surface area (Å²) in [4.78, 5) is 17.0. The van der Waals surface area contributed by atoms with Gasteiger partial charge in [-0.15, -0.1) is 0 Å². The highest BCUT2D eigenvalue weighted by Gasteiger charge is 2.18. The van der Waals surface area contributed by atoms with Gasteiger partial charge in [-0.1, -0.05) is 18.2 Å². The van der Waals surface area contributed by atoms with Gasteiger partial charge in [-0.05, 0) is 30.9 Å². The molecule has 1 aliphatic heterocycles. The van der Waals surface area contributed by atoms with Gasteiger partial charge in [-0.2, -0.15) is 15.0 Å². The van der Waals surface area contributed by atoms with Crippen molar-refractivity contribution >= 4 is 23.1 Å². The third-order valence-electron chi connectivity index (χ3n) is 4.11. The molecule has 0 saturated heterocycles. The van der Waals surface area contributed by atoms with Crippen LogP contribution < -0.4 is 10.5 Å². The summed E-state index contributed by atoms with van der Waals surface area (Å²) in [7, 11) is 0. The predicted molar refractivity (Wildman–Crippen MR) is 93.1 cm³/mol. The molecular weight excluding hydrogens is 320 g/mol. The van der Waals surface area contributed by atoms with E-state index in [9.17, 15) is 5.11 Å². The summed E-state index contributed by atoms with van der Waals surface area (Å²) in [5.74, 6) is 0.183. The van der Waals surface area contributed by atoms with Gasteiger partial charge in [0.1, 0.15) is 0 Å². The largest absolute Gasteiger partial charge is 0.480 e. The SMILES string of the molecule is Nc1nc2nc3c1nc(O)n3Cc1ncccc1/C=C\CCCCO2. The smallest absolute Gasteiger partial charge is 0.320 e. The van der Waals surface area contributed by atoms with E-state index < -0.39 is 0 Å². The van der Waals surface area contributed by atoms with E-state index in [2.05, 4.69) is 32.1 Å². The molecule has 0 aliphatic carbocycles. The first-order valence-electron chi connectivity index (χ1n) is 8.18. The molecule has 25 heavy (non-hydrogen) atoms. The van der Waals surface area contributed by atoms with Crippen LogP contribution in [0.25, 0.3) is 17.2 Å². The summed E-state index contributed by atoms with van der Waals surface area (Å²) in [5, 5.41) is 10.3. The maximum atomic E-state index is 10.3. The number of nitrogen functional groups attached to an aromatic ring is 1. The molecule has 3 aromatic heterocycles. The average Bonchev–Trinajstić information content (AvgIpc) is 2.92. The van der Waals surface area contributed by atoms with Gasteiger partial charge in [0, 0.05) is 6.20 Å². The van der Waals surface area contributed by atoms with Crippen LogP contribution in [-0.2, 0) is 6.54 Å². The van der Waals surface area contributed by atoms with Crippen molar-refractivity contribution in [1.82, 2.24) is 24.5 Å². The average molecular weight is 338 g/mol. The van der Waals surface area contributed by atoms with E-state index in [1.165, 1.54) is 0 Å². The summed E-state index contributed by atoms with van der Waals surface area (Å²) in [5.41, 5.74) is 8.55. The lowest BCUT2D eigenvalue weighted by Crippen LogP contribution is -2.07. The Morgan fingerprint density at radius 3 is 3.04 bits per heavy atom. The lowest BCUT2D eigenvalue weighted by atomic mass is 10.1. The van der Waals surface area contributed by atoms with Gasteiger partial charge in [0.15, 0.2) is 17.0 Å². The monoisotopic (exact) mass is 338 g/mol. The molecule has 0 saturated carbocycles. The zero-order valence-electron chi connectivity index (χ0n) is 13.6. The molecule has 1 aliphatic rings. The Balaban J connectivity index is 1.88. The highest BCUT2D eigenvalue weighted by Crippen LogP contribution is 2.26. The van der Waals surface area contributed by atoms with Gasteiger partial charge in [-0.3, -0.25) is 9.55 Å². The van der Waals surface area contributed by atoms with E-state index in [0.717, 1.165) is 30.5 Å². The lowest BCUT2D eigenvalue weighted by molar-refractivity contribution is 0.285. The van der Waals surface area contributed by atoms with Crippen molar-refractivity contribution in [1.29, 1.82) is 0 Å². The number of aromatic nitrogens is 5. The number of rotatable bonds is 0. The molecule has 0 amide bonds. The number of pyridine rings is 1.